The second-order valence-corrected chi connectivity index (χ2v) is 6.06. The molecule has 0 N–H and O–H groups in total. The second-order valence-electron chi connectivity index (χ2n) is 4.24. The van der Waals surface area contributed by atoms with Crippen molar-refractivity contribution in [1.29, 1.82) is 5.26 Å². The lowest BCUT2D eigenvalue weighted by molar-refractivity contribution is 0.389. The Balaban J connectivity index is 1.79. The molecule has 22 heavy (non-hydrogen) atoms. The third-order valence-corrected chi connectivity index (χ3v) is 4.55. The molecule has 0 aliphatic rings. The lowest BCUT2D eigenvalue weighted by Crippen LogP contribution is -1.98. The molecule has 1 aromatic carbocycles. The van der Waals surface area contributed by atoms with Crippen LogP contribution in [0.1, 0.15) is 11.5 Å². The monoisotopic (exact) mass is 333 g/mol. The minimum absolute atomic E-state index is 0.0271. The minimum Gasteiger partial charge on any atom is -0.461 e. The van der Waals surface area contributed by atoms with Gasteiger partial charge in [-0.2, -0.15) is 10.2 Å². The smallest absolute Gasteiger partial charge is 0.240 e. The van der Waals surface area contributed by atoms with Crippen LogP contribution >= 0.6 is 11.6 Å². The topological polar surface area (TPSA) is 92.9 Å². The Morgan fingerprint density at radius 1 is 1.36 bits per heavy atom. The van der Waals surface area contributed by atoms with Gasteiger partial charge in [0, 0.05) is 0 Å². The summed E-state index contributed by atoms with van der Waals surface area (Å²) in [6.07, 6.45) is 1.50. The summed E-state index contributed by atoms with van der Waals surface area (Å²) in [6, 6.07) is 9.96. The third kappa shape index (κ3) is 2.93. The quantitative estimate of drug-likeness (QED) is 0.728. The normalized spacial score (nSPS) is 12.0. The summed E-state index contributed by atoms with van der Waals surface area (Å²) < 4.78 is 22.5. The molecule has 6 nitrogen and oxygen atoms in total. The van der Waals surface area contributed by atoms with E-state index in [1.54, 1.807) is 24.3 Å². The van der Waals surface area contributed by atoms with E-state index < -0.39 is 10.8 Å². The van der Waals surface area contributed by atoms with Crippen LogP contribution in [0, 0.1) is 11.3 Å². The number of nitriles is 1. The maximum atomic E-state index is 12.3. The molecule has 1 atom stereocenters. The van der Waals surface area contributed by atoms with Crippen molar-refractivity contribution in [3.63, 3.8) is 0 Å². The molecule has 110 valence electrons. The molecule has 2 heterocycles. The zero-order chi connectivity index (χ0) is 15.5. The number of furan rings is 1. The van der Waals surface area contributed by atoms with Gasteiger partial charge in [0.25, 0.3) is 0 Å². The maximum Gasteiger partial charge on any atom is 0.240 e. The first-order valence-electron chi connectivity index (χ1n) is 6.12. The zero-order valence-corrected chi connectivity index (χ0v) is 12.6. The summed E-state index contributed by atoms with van der Waals surface area (Å²) in [5.74, 6) is 1.00. The van der Waals surface area contributed by atoms with Crippen molar-refractivity contribution < 1.29 is 13.1 Å². The van der Waals surface area contributed by atoms with Crippen LogP contribution in [0.3, 0.4) is 0 Å². The summed E-state index contributed by atoms with van der Waals surface area (Å²) >= 11 is 6.03. The van der Waals surface area contributed by atoms with Gasteiger partial charge in [-0.15, -0.1) is 0 Å². The van der Waals surface area contributed by atoms with Crippen LogP contribution in [0.4, 0.5) is 0 Å². The Labute approximate surface area is 132 Å². The van der Waals surface area contributed by atoms with Gasteiger partial charge < -0.3 is 8.94 Å². The first-order chi connectivity index (χ1) is 10.7. The van der Waals surface area contributed by atoms with Crippen LogP contribution in [0.25, 0.3) is 11.6 Å². The maximum absolute atomic E-state index is 12.3. The molecule has 0 amide bonds. The average Bonchev–Trinajstić information content (AvgIpc) is 3.17. The first-order valence-corrected chi connectivity index (χ1v) is 7.81. The van der Waals surface area contributed by atoms with E-state index in [1.807, 2.05) is 6.07 Å². The second kappa shape index (κ2) is 6.13. The Bertz CT molecular complexity index is 868. The van der Waals surface area contributed by atoms with Crippen molar-refractivity contribution in [3.8, 4) is 17.7 Å². The van der Waals surface area contributed by atoms with Gasteiger partial charge in [0.05, 0.1) is 38.6 Å². The number of aromatic nitrogens is 2. The van der Waals surface area contributed by atoms with Crippen molar-refractivity contribution in [1.82, 2.24) is 10.1 Å². The highest BCUT2D eigenvalue weighted by Crippen LogP contribution is 2.23. The average molecular weight is 334 g/mol. The fourth-order valence-electron chi connectivity index (χ4n) is 1.76. The molecule has 0 bridgehead atoms. The van der Waals surface area contributed by atoms with Crippen LogP contribution in [-0.2, 0) is 16.6 Å². The van der Waals surface area contributed by atoms with Gasteiger partial charge in [-0.1, -0.05) is 16.8 Å². The highest BCUT2D eigenvalue weighted by Gasteiger charge is 2.16. The van der Waals surface area contributed by atoms with Crippen LogP contribution in [-0.4, -0.2) is 14.3 Å². The summed E-state index contributed by atoms with van der Waals surface area (Å²) in [5, 5.41) is 12.8. The Morgan fingerprint density at radius 3 is 2.91 bits per heavy atom. The summed E-state index contributed by atoms with van der Waals surface area (Å²) in [6.45, 7) is 0. The van der Waals surface area contributed by atoms with E-state index in [0.29, 0.717) is 22.0 Å². The van der Waals surface area contributed by atoms with Gasteiger partial charge in [0.1, 0.15) is 5.75 Å². The number of rotatable bonds is 4. The van der Waals surface area contributed by atoms with Crippen molar-refractivity contribution in [2.24, 2.45) is 0 Å². The molecule has 0 spiro atoms. The fraction of sp³-hybridized carbons (Fsp3) is 0.0714. The Kier molecular flexibility index (Phi) is 4.04. The van der Waals surface area contributed by atoms with Crippen LogP contribution in [0.5, 0.6) is 0 Å². The molecule has 3 aromatic rings. The number of hydrogen-bond donors (Lipinski definition) is 0. The summed E-state index contributed by atoms with van der Waals surface area (Å²) in [7, 11) is -1.46. The number of nitrogens with zero attached hydrogens (tertiary/aromatic N) is 3. The largest absolute Gasteiger partial charge is 0.461 e. The Morgan fingerprint density at radius 2 is 2.23 bits per heavy atom. The van der Waals surface area contributed by atoms with Gasteiger partial charge in [0.2, 0.25) is 11.7 Å². The molecule has 0 unspecified atom stereocenters. The predicted molar refractivity (Wildman–Crippen MR) is 78.3 cm³/mol. The van der Waals surface area contributed by atoms with Crippen molar-refractivity contribution >= 4 is 22.4 Å². The van der Waals surface area contributed by atoms with Crippen molar-refractivity contribution in [3.05, 3.63) is 53.1 Å². The predicted octanol–water partition coefficient (Wildman–Crippen LogP) is 3.16. The van der Waals surface area contributed by atoms with Crippen molar-refractivity contribution in [2.45, 2.75) is 10.6 Å². The van der Waals surface area contributed by atoms with Crippen LogP contribution in [0.15, 0.2) is 50.4 Å². The molecule has 0 saturated carbocycles. The lowest BCUT2D eigenvalue weighted by Gasteiger charge is -2.02. The van der Waals surface area contributed by atoms with Crippen LogP contribution in [0.2, 0.25) is 5.02 Å². The molecule has 8 heteroatoms. The molecule has 0 fully saturated rings. The van der Waals surface area contributed by atoms with Gasteiger partial charge in [-0.05, 0) is 30.3 Å². The molecule has 2 aromatic heterocycles. The van der Waals surface area contributed by atoms with E-state index in [1.165, 1.54) is 12.3 Å². The van der Waals surface area contributed by atoms with Crippen LogP contribution < -0.4 is 0 Å². The summed E-state index contributed by atoms with van der Waals surface area (Å²) in [4.78, 5) is 4.54. The number of benzene rings is 1. The van der Waals surface area contributed by atoms with E-state index in [2.05, 4.69) is 10.1 Å². The van der Waals surface area contributed by atoms with E-state index in [4.69, 9.17) is 25.8 Å². The molecule has 3 rings (SSSR count). The number of halogens is 1. The van der Waals surface area contributed by atoms with Crippen molar-refractivity contribution in [2.75, 3.05) is 0 Å². The highest BCUT2D eigenvalue weighted by atomic mass is 35.5. The lowest BCUT2D eigenvalue weighted by atomic mass is 10.2. The molecule has 0 saturated heterocycles. The summed E-state index contributed by atoms with van der Waals surface area (Å²) in [5.41, 5.74) is 0.406. The number of hydrogen-bond acceptors (Lipinski definition) is 6. The molecular weight excluding hydrogens is 326 g/mol. The van der Waals surface area contributed by atoms with Gasteiger partial charge in [0.15, 0.2) is 5.76 Å². The molecule has 0 aliphatic carbocycles. The first kappa shape index (κ1) is 14.5. The highest BCUT2D eigenvalue weighted by molar-refractivity contribution is 7.84. The molecule has 0 radical (unpaired) electrons. The SMILES string of the molecule is N#Cc1ccc([S@@](=O)Cc2nc(-c3ccco3)no2)c(Cl)c1. The van der Waals surface area contributed by atoms with Gasteiger partial charge in [-0.25, -0.2) is 0 Å². The van der Waals surface area contributed by atoms with Gasteiger partial charge in [-0.3, -0.25) is 4.21 Å². The van der Waals surface area contributed by atoms with E-state index in [9.17, 15) is 4.21 Å². The minimum atomic E-state index is -1.46. The van der Waals surface area contributed by atoms with E-state index in [0.717, 1.165) is 0 Å². The van der Waals surface area contributed by atoms with E-state index >= 15 is 0 Å². The Hall–Kier alpha value is -2.43. The molecular formula is C14H8ClN3O3S. The molecule has 0 aliphatic heterocycles. The van der Waals surface area contributed by atoms with E-state index in [-0.39, 0.29) is 16.7 Å². The third-order valence-electron chi connectivity index (χ3n) is 2.77. The zero-order valence-electron chi connectivity index (χ0n) is 11.0. The standard InChI is InChI=1S/C14H8ClN3O3S/c15-10-6-9(7-16)3-4-12(10)22(19)8-13-17-14(18-21-13)11-2-1-5-20-11/h1-6H,8H2/t22-/m0/s1. The fourth-order valence-corrected chi connectivity index (χ4v) is 3.20. The van der Waals surface area contributed by atoms with Gasteiger partial charge >= 0.3 is 0 Å².